The van der Waals surface area contributed by atoms with Gasteiger partial charge in [0.1, 0.15) is 0 Å². The van der Waals surface area contributed by atoms with Crippen molar-refractivity contribution in [3.05, 3.63) is 82.6 Å². The second kappa shape index (κ2) is 8.72. The maximum Gasteiger partial charge on any atom is 0.434 e. The first kappa shape index (κ1) is 21.4. The molecule has 1 amide bonds. The van der Waals surface area contributed by atoms with Gasteiger partial charge < -0.3 is 5.32 Å². The van der Waals surface area contributed by atoms with Gasteiger partial charge >= 0.3 is 6.18 Å². The van der Waals surface area contributed by atoms with Crippen LogP contribution in [0.2, 0.25) is 5.02 Å². The normalized spacial score (nSPS) is 17.1. The number of benzene rings is 2. The number of carbonyl (C=O) groups excluding carboxylic acids is 1. The second-order valence-electron chi connectivity index (χ2n) is 7.48. The van der Waals surface area contributed by atoms with E-state index in [4.69, 9.17) is 11.6 Å². The number of hydrogen-bond acceptors (Lipinski definition) is 3. The van der Waals surface area contributed by atoms with Crippen molar-refractivity contribution in [2.45, 2.75) is 25.2 Å². The molecule has 1 atom stereocenters. The Hall–Kier alpha value is -2.84. The molecule has 1 aliphatic heterocycles. The quantitative estimate of drug-likeness (QED) is 0.623. The summed E-state index contributed by atoms with van der Waals surface area (Å²) in [6.45, 7) is 2.06. The minimum absolute atomic E-state index is 0.133. The number of hydrogen-bond donors (Lipinski definition) is 1. The van der Waals surface area contributed by atoms with Crippen LogP contribution in [0.15, 0.2) is 60.8 Å². The van der Waals surface area contributed by atoms with Crippen LogP contribution < -0.4 is 5.32 Å². The van der Waals surface area contributed by atoms with E-state index >= 15 is 0 Å². The third-order valence-electron chi connectivity index (χ3n) is 5.19. The van der Waals surface area contributed by atoms with Gasteiger partial charge in [-0.1, -0.05) is 48.0 Å². The molecule has 31 heavy (non-hydrogen) atoms. The van der Waals surface area contributed by atoms with E-state index < -0.39 is 23.3 Å². The van der Waals surface area contributed by atoms with Gasteiger partial charge in [0, 0.05) is 30.7 Å². The predicted octanol–water partition coefficient (Wildman–Crippen LogP) is 4.55. The number of rotatable bonds is 5. The first-order chi connectivity index (χ1) is 14.8. The average Bonchev–Trinajstić information content (AvgIpc) is 3.36. The smallest absolute Gasteiger partial charge is 0.348 e. The maximum absolute atomic E-state index is 13.8. The third kappa shape index (κ3) is 4.91. The Balaban J connectivity index is 1.50. The minimum atomic E-state index is -4.76. The fraction of sp³-hybridized carbons (Fsp3) is 0.273. The van der Waals surface area contributed by atoms with E-state index in [1.54, 1.807) is 6.07 Å². The van der Waals surface area contributed by atoms with Crippen molar-refractivity contribution < 1.29 is 18.0 Å². The zero-order valence-corrected chi connectivity index (χ0v) is 17.2. The summed E-state index contributed by atoms with van der Waals surface area (Å²) in [5, 5.41) is 6.84. The molecule has 1 unspecified atom stereocenters. The number of aromatic nitrogens is 2. The van der Waals surface area contributed by atoms with Gasteiger partial charge in [-0.25, -0.2) is 4.68 Å². The summed E-state index contributed by atoms with van der Waals surface area (Å²) in [5.41, 5.74) is -0.342. The van der Waals surface area contributed by atoms with Crippen molar-refractivity contribution in [2.75, 3.05) is 13.1 Å². The summed E-state index contributed by atoms with van der Waals surface area (Å²) < 4.78 is 42.2. The molecule has 162 valence electrons. The largest absolute Gasteiger partial charge is 0.434 e. The molecule has 2 heterocycles. The fourth-order valence-corrected chi connectivity index (χ4v) is 3.97. The van der Waals surface area contributed by atoms with Crippen LogP contribution in [0.3, 0.4) is 0 Å². The van der Waals surface area contributed by atoms with Gasteiger partial charge in [0.25, 0.3) is 5.91 Å². The van der Waals surface area contributed by atoms with Gasteiger partial charge in [-0.2, -0.15) is 18.3 Å². The maximum atomic E-state index is 13.8. The zero-order chi connectivity index (χ0) is 22.0. The lowest BCUT2D eigenvalue weighted by atomic mass is 10.2. The first-order valence-corrected chi connectivity index (χ1v) is 10.2. The van der Waals surface area contributed by atoms with Crippen LogP contribution in [0.25, 0.3) is 5.69 Å². The third-order valence-corrected chi connectivity index (χ3v) is 5.43. The molecular formula is C22H20ClF3N4O. The van der Waals surface area contributed by atoms with E-state index in [-0.39, 0.29) is 16.8 Å². The Morgan fingerprint density at radius 1 is 1.16 bits per heavy atom. The van der Waals surface area contributed by atoms with Crippen LogP contribution in [0.5, 0.6) is 0 Å². The van der Waals surface area contributed by atoms with Crippen molar-refractivity contribution >= 4 is 17.5 Å². The predicted molar refractivity (Wildman–Crippen MR) is 111 cm³/mol. The molecule has 2 aromatic carbocycles. The van der Waals surface area contributed by atoms with Gasteiger partial charge in [0.05, 0.1) is 17.4 Å². The summed E-state index contributed by atoms with van der Waals surface area (Å²) in [6, 6.07) is 15.6. The monoisotopic (exact) mass is 448 g/mol. The Labute approximate surface area is 182 Å². The van der Waals surface area contributed by atoms with Crippen LogP contribution in [-0.4, -0.2) is 39.7 Å². The van der Waals surface area contributed by atoms with E-state index in [9.17, 15) is 18.0 Å². The second-order valence-corrected chi connectivity index (χ2v) is 7.91. The lowest BCUT2D eigenvalue weighted by Gasteiger charge is -2.17. The standard InChI is InChI=1S/C22H20ClF3N4O/c23-16-7-4-8-18(11-16)30-20(22(24,25)26)19(12-27-30)21(31)28-17-9-10-29(14-17)13-15-5-2-1-3-6-15/h1-8,11-12,17H,9-10,13-14H2,(H,28,31). The van der Waals surface area contributed by atoms with Crippen LogP contribution in [0, 0.1) is 0 Å². The lowest BCUT2D eigenvalue weighted by molar-refractivity contribution is -0.143. The number of alkyl halides is 3. The highest BCUT2D eigenvalue weighted by atomic mass is 35.5. The summed E-state index contributed by atoms with van der Waals surface area (Å²) in [6.07, 6.45) is -3.14. The number of likely N-dealkylation sites (tertiary alicyclic amines) is 1. The van der Waals surface area contributed by atoms with E-state index in [0.717, 1.165) is 24.8 Å². The number of nitrogens with one attached hydrogen (secondary N) is 1. The SMILES string of the molecule is O=C(NC1CCN(Cc2ccccc2)C1)c1cnn(-c2cccc(Cl)c2)c1C(F)(F)F. The molecule has 0 saturated carbocycles. The van der Waals surface area contributed by atoms with E-state index in [1.165, 1.54) is 18.2 Å². The highest BCUT2D eigenvalue weighted by Crippen LogP contribution is 2.34. The Morgan fingerprint density at radius 2 is 1.94 bits per heavy atom. The molecule has 1 aromatic heterocycles. The van der Waals surface area contributed by atoms with Gasteiger partial charge in [-0.05, 0) is 30.2 Å². The fourth-order valence-electron chi connectivity index (χ4n) is 3.79. The summed E-state index contributed by atoms with van der Waals surface area (Å²) >= 11 is 5.91. The molecule has 1 aliphatic rings. The number of nitrogens with zero attached hydrogens (tertiary/aromatic N) is 3. The van der Waals surface area contributed by atoms with Crippen molar-refractivity contribution in [1.29, 1.82) is 0 Å². The van der Waals surface area contributed by atoms with Crippen molar-refractivity contribution in [2.24, 2.45) is 0 Å². The van der Waals surface area contributed by atoms with Crippen LogP contribution in [-0.2, 0) is 12.7 Å². The van der Waals surface area contributed by atoms with Gasteiger partial charge in [-0.15, -0.1) is 0 Å². The van der Waals surface area contributed by atoms with Crippen molar-refractivity contribution in [1.82, 2.24) is 20.0 Å². The van der Waals surface area contributed by atoms with Crippen LogP contribution >= 0.6 is 11.6 Å². The molecular weight excluding hydrogens is 429 g/mol. The highest BCUT2D eigenvalue weighted by Gasteiger charge is 2.41. The first-order valence-electron chi connectivity index (χ1n) is 9.79. The molecule has 1 saturated heterocycles. The van der Waals surface area contributed by atoms with E-state index in [1.807, 2.05) is 30.3 Å². The zero-order valence-electron chi connectivity index (χ0n) is 16.4. The topological polar surface area (TPSA) is 50.2 Å². The van der Waals surface area contributed by atoms with Gasteiger partial charge in [0.15, 0.2) is 5.69 Å². The molecule has 0 aliphatic carbocycles. The Morgan fingerprint density at radius 3 is 2.65 bits per heavy atom. The summed E-state index contributed by atoms with van der Waals surface area (Å²) in [7, 11) is 0. The van der Waals surface area contributed by atoms with Crippen LogP contribution in [0.1, 0.15) is 28.0 Å². The van der Waals surface area contributed by atoms with Gasteiger partial charge in [-0.3, -0.25) is 9.69 Å². The molecule has 1 N–H and O–H groups in total. The summed E-state index contributed by atoms with van der Waals surface area (Å²) in [4.78, 5) is 14.9. The lowest BCUT2D eigenvalue weighted by Crippen LogP contribution is -2.37. The summed E-state index contributed by atoms with van der Waals surface area (Å²) in [5.74, 6) is -0.785. The number of halogens is 4. The average molecular weight is 449 g/mol. The van der Waals surface area contributed by atoms with E-state index in [0.29, 0.717) is 17.6 Å². The molecule has 0 bridgehead atoms. The highest BCUT2D eigenvalue weighted by molar-refractivity contribution is 6.30. The van der Waals surface area contributed by atoms with Crippen LogP contribution in [0.4, 0.5) is 13.2 Å². The van der Waals surface area contributed by atoms with Crippen molar-refractivity contribution in [3.63, 3.8) is 0 Å². The molecule has 5 nitrogen and oxygen atoms in total. The van der Waals surface area contributed by atoms with Gasteiger partial charge in [0.2, 0.25) is 0 Å². The van der Waals surface area contributed by atoms with E-state index in [2.05, 4.69) is 15.3 Å². The molecule has 1 fully saturated rings. The molecule has 4 rings (SSSR count). The Kier molecular flexibility index (Phi) is 6.02. The Bertz CT molecular complexity index is 1070. The minimum Gasteiger partial charge on any atom is -0.348 e. The molecule has 9 heteroatoms. The molecule has 0 spiro atoms. The number of carbonyl (C=O) groups is 1. The number of amides is 1. The van der Waals surface area contributed by atoms with Crippen molar-refractivity contribution in [3.8, 4) is 5.69 Å². The molecule has 3 aromatic rings. The molecule has 0 radical (unpaired) electrons.